The first kappa shape index (κ1) is 13.5. The average Bonchev–Trinajstić information content (AvgIpc) is 2.40. The van der Waals surface area contributed by atoms with Crippen molar-refractivity contribution in [3.63, 3.8) is 0 Å². The van der Waals surface area contributed by atoms with Crippen molar-refractivity contribution in [2.45, 2.75) is 18.4 Å². The zero-order valence-electron chi connectivity index (χ0n) is 10.5. The summed E-state index contributed by atoms with van der Waals surface area (Å²) in [6.45, 7) is 2.95. The first-order chi connectivity index (χ1) is 8.70. The molecule has 18 heavy (non-hydrogen) atoms. The summed E-state index contributed by atoms with van der Waals surface area (Å²) in [5.41, 5.74) is 3.74. The number of benzene rings is 2. The van der Waals surface area contributed by atoms with Crippen molar-refractivity contribution in [1.29, 1.82) is 0 Å². The lowest BCUT2D eigenvalue weighted by Gasteiger charge is -2.11. The topological polar surface area (TPSA) is 12.0 Å². The maximum Gasteiger partial charge on any atom is 0.0480 e. The molecule has 0 fully saturated rings. The van der Waals surface area contributed by atoms with Gasteiger partial charge in [0.15, 0.2) is 0 Å². The molecule has 0 unspecified atom stereocenters. The molecule has 2 aromatic carbocycles. The highest BCUT2D eigenvalue weighted by Gasteiger charge is 2.01. The van der Waals surface area contributed by atoms with E-state index in [1.165, 1.54) is 26.2 Å². The first-order valence-corrected chi connectivity index (χ1v) is 7.84. The Hall–Kier alpha value is -0.930. The number of para-hydroxylation sites is 1. The summed E-state index contributed by atoms with van der Waals surface area (Å²) in [6.07, 6.45) is 2.10. The molecule has 0 saturated carbocycles. The van der Waals surface area contributed by atoms with Gasteiger partial charge in [-0.2, -0.15) is 0 Å². The van der Waals surface area contributed by atoms with Gasteiger partial charge in [0.05, 0.1) is 0 Å². The number of nitrogens with one attached hydrogen (secondary N) is 1. The van der Waals surface area contributed by atoms with Crippen LogP contribution in [0.3, 0.4) is 0 Å². The van der Waals surface area contributed by atoms with Crippen molar-refractivity contribution >= 4 is 33.4 Å². The van der Waals surface area contributed by atoms with Crippen LogP contribution in [0.1, 0.15) is 11.1 Å². The van der Waals surface area contributed by atoms with Gasteiger partial charge in [0.1, 0.15) is 0 Å². The smallest absolute Gasteiger partial charge is 0.0480 e. The predicted molar refractivity (Wildman–Crippen MR) is 84.4 cm³/mol. The van der Waals surface area contributed by atoms with Gasteiger partial charge < -0.3 is 5.32 Å². The number of rotatable bonds is 4. The van der Waals surface area contributed by atoms with E-state index in [9.17, 15) is 0 Å². The van der Waals surface area contributed by atoms with Crippen molar-refractivity contribution in [3.8, 4) is 0 Å². The van der Waals surface area contributed by atoms with Crippen molar-refractivity contribution in [2.75, 3.05) is 11.6 Å². The minimum Gasteiger partial charge on any atom is -0.380 e. The summed E-state index contributed by atoms with van der Waals surface area (Å²) in [5.74, 6) is 0. The third-order valence-corrected chi connectivity index (χ3v) is 4.48. The van der Waals surface area contributed by atoms with Crippen LogP contribution in [-0.4, -0.2) is 6.26 Å². The summed E-state index contributed by atoms with van der Waals surface area (Å²) in [6, 6.07) is 14.9. The summed E-state index contributed by atoms with van der Waals surface area (Å²) >= 11 is 5.33. The zero-order chi connectivity index (χ0) is 13.0. The average molecular weight is 322 g/mol. The fourth-order valence-corrected chi connectivity index (χ4v) is 2.74. The maximum absolute atomic E-state index is 3.57. The van der Waals surface area contributed by atoms with E-state index in [0.29, 0.717) is 0 Å². The van der Waals surface area contributed by atoms with Crippen LogP contribution < -0.4 is 5.32 Å². The third kappa shape index (κ3) is 3.30. The van der Waals surface area contributed by atoms with Crippen LogP contribution in [0.15, 0.2) is 51.8 Å². The number of thioether (sulfide) groups is 1. The van der Waals surface area contributed by atoms with Gasteiger partial charge in [-0.3, -0.25) is 0 Å². The molecule has 0 bridgehead atoms. The van der Waals surface area contributed by atoms with Crippen LogP contribution >= 0.6 is 27.7 Å². The van der Waals surface area contributed by atoms with Gasteiger partial charge in [0.25, 0.3) is 0 Å². The molecule has 0 radical (unpaired) electrons. The van der Waals surface area contributed by atoms with E-state index in [-0.39, 0.29) is 0 Å². The van der Waals surface area contributed by atoms with Gasteiger partial charge in [-0.1, -0.05) is 40.2 Å². The Morgan fingerprint density at radius 2 is 1.94 bits per heavy atom. The molecule has 0 aliphatic carbocycles. The molecule has 0 amide bonds. The van der Waals surface area contributed by atoms with Crippen molar-refractivity contribution in [1.82, 2.24) is 0 Å². The number of aryl methyl sites for hydroxylation is 1. The van der Waals surface area contributed by atoms with Gasteiger partial charge in [-0.15, -0.1) is 11.8 Å². The van der Waals surface area contributed by atoms with E-state index < -0.39 is 0 Å². The number of halogens is 1. The van der Waals surface area contributed by atoms with E-state index in [0.717, 1.165) is 6.54 Å². The van der Waals surface area contributed by atoms with Crippen LogP contribution in [0.25, 0.3) is 0 Å². The van der Waals surface area contributed by atoms with Crippen LogP contribution in [0, 0.1) is 6.92 Å². The Kier molecular flexibility index (Phi) is 4.72. The van der Waals surface area contributed by atoms with Gasteiger partial charge in [-0.05, 0) is 42.5 Å². The minimum atomic E-state index is 0.844. The summed E-state index contributed by atoms with van der Waals surface area (Å²) in [5, 5.41) is 3.49. The van der Waals surface area contributed by atoms with Crippen LogP contribution in [0.4, 0.5) is 5.69 Å². The largest absolute Gasteiger partial charge is 0.380 e. The molecular weight excluding hydrogens is 306 g/mol. The Morgan fingerprint density at radius 3 is 2.67 bits per heavy atom. The van der Waals surface area contributed by atoms with Crippen molar-refractivity contribution < 1.29 is 0 Å². The number of hydrogen-bond acceptors (Lipinski definition) is 2. The lowest BCUT2D eigenvalue weighted by atomic mass is 10.1. The second-order valence-electron chi connectivity index (χ2n) is 4.14. The molecule has 0 atom stereocenters. The van der Waals surface area contributed by atoms with Crippen LogP contribution in [-0.2, 0) is 6.54 Å². The molecular formula is C15H16BrNS. The van der Waals surface area contributed by atoms with E-state index in [1.54, 1.807) is 11.8 Å². The van der Waals surface area contributed by atoms with Gasteiger partial charge in [-0.25, -0.2) is 0 Å². The van der Waals surface area contributed by atoms with E-state index in [4.69, 9.17) is 0 Å². The highest BCUT2D eigenvalue weighted by molar-refractivity contribution is 9.10. The molecule has 1 N–H and O–H groups in total. The fraction of sp³-hybridized carbons (Fsp3) is 0.200. The molecule has 94 valence electrons. The number of anilines is 1. The molecule has 0 saturated heterocycles. The maximum atomic E-state index is 3.57. The molecule has 0 spiro atoms. The lowest BCUT2D eigenvalue weighted by Crippen LogP contribution is -2.00. The van der Waals surface area contributed by atoms with Gasteiger partial charge >= 0.3 is 0 Å². The summed E-state index contributed by atoms with van der Waals surface area (Å²) < 4.78 is 1.17. The van der Waals surface area contributed by atoms with Crippen LogP contribution in [0.2, 0.25) is 0 Å². The molecule has 0 aliphatic heterocycles. The Balaban J connectivity index is 2.09. The van der Waals surface area contributed by atoms with Crippen LogP contribution in [0.5, 0.6) is 0 Å². The molecule has 2 rings (SSSR count). The highest BCUT2D eigenvalue weighted by Crippen LogP contribution is 2.25. The van der Waals surface area contributed by atoms with Gasteiger partial charge in [0, 0.05) is 21.6 Å². The summed E-state index contributed by atoms with van der Waals surface area (Å²) in [7, 11) is 0. The predicted octanol–water partition coefficient (Wildman–Crippen LogP) is 5.09. The molecule has 0 aromatic heterocycles. The molecule has 3 heteroatoms. The molecule has 0 aliphatic rings. The second-order valence-corrected chi connectivity index (χ2v) is 5.84. The quantitative estimate of drug-likeness (QED) is 0.787. The Morgan fingerprint density at radius 1 is 1.17 bits per heavy atom. The minimum absolute atomic E-state index is 0.844. The van der Waals surface area contributed by atoms with E-state index in [2.05, 4.69) is 76.9 Å². The molecule has 1 nitrogen and oxygen atoms in total. The van der Waals surface area contributed by atoms with E-state index in [1.807, 2.05) is 0 Å². The normalized spacial score (nSPS) is 10.4. The molecule has 0 heterocycles. The monoisotopic (exact) mass is 321 g/mol. The fourth-order valence-electron chi connectivity index (χ4n) is 1.73. The second kappa shape index (κ2) is 6.30. The summed E-state index contributed by atoms with van der Waals surface area (Å²) in [4.78, 5) is 1.28. The highest BCUT2D eigenvalue weighted by atomic mass is 79.9. The van der Waals surface area contributed by atoms with Crippen molar-refractivity contribution in [2.24, 2.45) is 0 Å². The first-order valence-electron chi connectivity index (χ1n) is 5.82. The zero-order valence-corrected chi connectivity index (χ0v) is 12.9. The number of hydrogen-bond donors (Lipinski definition) is 1. The standard InChI is InChI=1S/C15H16BrNS/c1-11-7-8-12(9-13(11)16)10-17-14-5-3-4-6-15(14)18-2/h3-9,17H,10H2,1-2H3. The SMILES string of the molecule is CSc1ccccc1NCc1ccc(C)c(Br)c1. The molecule has 2 aromatic rings. The lowest BCUT2D eigenvalue weighted by molar-refractivity contribution is 1.12. The Bertz CT molecular complexity index is 540. The van der Waals surface area contributed by atoms with Gasteiger partial charge in [0.2, 0.25) is 0 Å². The Labute approximate surface area is 121 Å². The van der Waals surface area contributed by atoms with Crippen molar-refractivity contribution in [3.05, 3.63) is 58.1 Å². The van der Waals surface area contributed by atoms with E-state index >= 15 is 0 Å². The third-order valence-electron chi connectivity index (χ3n) is 2.83.